The number of furan rings is 1. The molecule has 0 spiro atoms. The van der Waals surface area contributed by atoms with Gasteiger partial charge in [0.1, 0.15) is 5.58 Å². The van der Waals surface area contributed by atoms with Gasteiger partial charge in [-0.3, -0.25) is 9.59 Å². The molecule has 25 heavy (non-hydrogen) atoms. The highest BCUT2D eigenvalue weighted by molar-refractivity contribution is 6.31. The summed E-state index contributed by atoms with van der Waals surface area (Å²) in [5.41, 5.74) is 3.36. The summed E-state index contributed by atoms with van der Waals surface area (Å²) in [4.78, 5) is 23.9. The molecule has 1 heterocycles. The van der Waals surface area contributed by atoms with Crippen LogP contribution in [0.15, 0.2) is 40.8 Å². The molecule has 0 saturated carbocycles. The maximum Gasteiger partial charge on any atom is 0.291 e. The monoisotopic (exact) mass is 356 g/mol. The smallest absolute Gasteiger partial charge is 0.291 e. The van der Waals surface area contributed by atoms with Crippen molar-refractivity contribution in [2.24, 2.45) is 0 Å². The Morgan fingerprint density at radius 2 is 1.68 bits per heavy atom. The van der Waals surface area contributed by atoms with E-state index in [0.29, 0.717) is 22.0 Å². The van der Waals surface area contributed by atoms with Crippen LogP contribution in [0.5, 0.6) is 0 Å². The summed E-state index contributed by atoms with van der Waals surface area (Å²) in [7, 11) is 0. The van der Waals surface area contributed by atoms with E-state index in [1.54, 1.807) is 36.4 Å². The Bertz CT molecular complexity index is 992. The zero-order chi connectivity index (χ0) is 18.1. The van der Waals surface area contributed by atoms with E-state index >= 15 is 0 Å². The first kappa shape index (κ1) is 17.0. The number of halogens is 1. The molecule has 5 nitrogen and oxygen atoms in total. The summed E-state index contributed by atoms with van der Waals surface area (Å²) < 4.78 is 5.68. The van der Waals surface area contributed by atoms with Crippen molar-refractivity contribution in [2.45, 2.75) is 20.8 Å². The normalized spacial score (nSPS) is 10.7. The van der Waals surface area contributed by atoms with E-state index < -0.39 is 0 Å². The molecule has 0 fully saturated rings. The number of aryl methyl sites for hydroxylation is 1. The molecule has 0 unspecified atom stereocenters. The molecule has 2 aromatic carbocycles. The van der Waals surface area contributed by atoms with E-state index in [9.17, 15) is 9.59 Å². The van der Waals surface area contributed by atoms with Crippen LogP contribution in [-0.4, -0.2) is 11.8 Å². The highest BCUT2D eigenvalue weighted by atomic mass is 35.5. The summed E-state index contributed by atoms with van der Waals surface area (Å²) in [6.45, 7) is 5.08. The second-order valence-electron chi connectivity index (χ2n) is 5.81. The zero-order valence-electron chi connectivity index (χ0n) is 14.1. The minimum atomic E-state index is -0.354. The van der Waals surface area contributed by atoms with Crippen molar-refractivity contribution in [3.8, 4) is 0 Å². The Balaban J connectivity index is 1.93. The van der Waals surface area contributed by atoms with Gasteiger partial charge in [0.25, 0.3) is 5.91 Å². The number of hydrogen-bond acceptors (Lipinski definition) is 3. The molecule has 3 aromatic rings. The third-order valence-corrected chi connectivity index (χ3v) is 4.23. The van der Waals surface area contributed by atoms with Crippen LogP contribution in [0, 0.1) is 13.8 Å². The van der Waals surface area contributed by atoms with Crippen LogP contribution in [0.2, 0.25) is 5.02 Å². The van der Waals surface area contributed by atoms with Gasteiger partial charge in [-0.1, -0.05) is 17.7 Å². The maximum absolute atomic E-state index is 12.7. The van der Waals surface area contributed by atoms with Gasteiger partial charge >= 0.3 is 0 Å². The molecule has 128 valence electrons. The lowest BCUT2D eigenvalue weighted by molar-refractivity contribution is -0.114. The number of nitrogens with one attached hydrogen (secondary N) is 2. The predicted octanol–water partition coefficient (Wildman–Crippen LogP) is 4.91. The van der Waals surface area contributed by atoms with E-state index in [1.165, 1.54) is 6.92 Å². The van der Waals surface area contributed by atoms with Crippen molar-refractivity contribution in [3.05, 3.63) is 58.3 Å². The summed E-state index contributed by atoms with van der Waals surface area (Å²) in [5.74, 6) is -0.286. The zero-order valence-corrected chi connectivity index (χ0v) is 14.8. The molecule has 0 aliphatic carbocycles. The first-order valence-electron chi connectivity index (χ1n) is 7.74. The first-order valence-corrected chi connectivity index (χ1v) is 8.12. The fraction of sp³-hybridized carbons (Fsp3) is 0.158. The van der Waals surface area contributed by atoms with Gasteiger partial charge in [-0.2, -0.15) is 0 Å². The van der Waals surface area contributed by atoms with Crippen molar-refractivity contribution in [2.75, 3.05) is 10.6 Å². The van der Waals surface area contributed by atoms with Crippen molar-refractivity contribution in [3.63, 3.8) is 0 Å². The molecule has 0 radical (unpaired) electrons. The molecular weight excluding hydrogens is 340 g/mol. The van der Waals surface area contributed by atoms with Crippen LogP contribution >= 0.6 is 11.6 Å². The molecule has 0 bridgehead atoms. The lowest BCUT2D eigenvalue weighted by Crippen LogP contribution is -2.14. The summed E-state index contributed by atoms with van der Waals surface area (Å²) in [6, 6.07) is 10.5. The first-order chi connectivity index (χ1) is 11.9. The number of anilines is 2. The van der Waals surface area contributed by atoms with Crippen LogP contribution in [0.4, 0.5) is 11.4 Å². The Morgan fingerprint density at radius 3 is 2.36 bits per heavy atom. The van der Waals surface area contributed by atoms with Gasteiger partial charge in [0.05, 0.1) is 0 Å². The molecule has 0 aliphatic rings. The summed E-state index contributed by atoms with van der Waals surface area (Å²) in [6.07, 6.45) is 0. The fourth-order valence-electron chi connectivity index (χ4n) is 2.68. The van der Waals surface area contributed by atoms with E-state index in [-0.39, 0.29) is 17.6 Å². The summed E-state index contributed by atoms with van der Waals surface area (Å²) in [5, 5.41) is 6.97. The highest BCUT2D eigenvalue weighted by Gasteiger charge is 2.19. The third kappa shape index (κ3) is 3.37. The van der Waals surface area contributed by atoms with Gasteiger partial charge in [-0.25, -0.2) is 0 Å². The minimum absolute atomic E-state index is 0.170. The molecular formula is C19H17ClN2O3. The number of carbonyl (C=O) groups excluding carboxylic acids is 2. The average Bonchev–Trinajstić information content (AvgIpc) is 2.87. The van der Waals surface area contributed by atoms with Crippen molar-refractivity contribution < 1.29 is 14.0 Å². The molecule has 2 amide bonds. The minimum Gasteiger partial charge on any atom is -0.451 e. The second-order valence-corrected chi connectivity index (χ2v) is 6.25. The van der Waals surface area contributed by atoms with Crippen molar-refractivity contribution >= 4 is 45.8 Å². The van der Waals surface area contributed by atoms with Crippen LogP contribution in [0.25, 0.3) is 11.0 Å². The Hall–Kier alpha value is -2.79. The standard InChI is InChI=1S/C19H17ClN2O3/c1-10-14-9-13(20)7-8-17(14)25-18(10)19(24)22-16-6-4-5-15(11(16)2)21-12(3)23/h4-9H,1-3H3,(H,21,23)(H,22,24). The fourth-order valence-corrected chi connectivity index (χ4v) is 2.86. The van der Waals surface area contributed by atoms with E-state index in [1.807, 2.05) is 13.8 Å². The maximum atomic E-state index is 12.7. The van der Waals surface area contributed by atoms with Gasteiger partial charge in [0, 0.05) is 34.3 Å². The lowest BCUT2D eigenvalue weighted by atomic mass is 10.1. The SMILES string of the molecule is CC(=O)Nc1cccc(NC(=O)c2oc3ccc(Cl)cc3c2C)c1C. The molecule has 3 rings (SSSR count). The molecule has 0 saturated heterocycles. The summed E-state index contributed by atoms with van der Waals surface area (Å²) >= 11 is 6.01. The van der Waals surface area contributed by atoms with Crippen molar-refractivity contribution in [1.82, 2.24) is 0 Å². The van der Waals surface area contributed by atoms with Crippen LogP contribution in [-0.2, 0) is 4.79 Å². The van der Waals surface area contributed by atoms with Crippen LogP contribution in [0.1, 0.15) is 28.6 Å². The van der Waals surface area contributed by atoms with E-state index in [0.717, 1.165) is 16.5 Å². The Morgan fingerprint density at radius 1 is 1.00 bits per heavy atom. The molecule has 6 heteroatoms. The molecule has 0 aliphatic heterocycles. The topological polar surface area (TPSA) is 71.3 Å². The molecule has 2 N–H and O–H groups in total. The largest absolute Gasteiger partial charge is 0.451 e. The Labute approximate surface area is 150 Å². The van der Waals surface area contributed by atoms with Crippen LogP contribution < -0.4 is 10.6 Å². The lowest BCUT2D eigenvalue weighted by Gasteiger charge is -2.12. The molecule has 0 atom stereocenters. The van der Waals surface area contributed by atoms with E-state index in [4.69, 9.17) is 16.0 Å². The molecule has 1 aromatic heterocycles. The van der Waals surface area contributed by atoms with Gasteiger partial charge in [-0.05, 0) is 49.7 Å². The van der Waals surface area contributed by atoms with Gasteiger partial charge < -0.3 is 15.1 Å². The predicted molar refractivity (Wildman–Crippen MR) is 99.4 cm³/mol. The van der Waals surface area contributed by atoms with Crippen molar-refractivity contribution in [1.29, 1.82) is 0 Å². The number of hydrogen-bond donors (Lipinski definition) is 2. The third-order valence-electron chi connectivity index (χ3n) is 4.00. The van der Waals surface area contributed by atoms with Gasteiger partial charge in [0.2, 0.25) is 5.91 Å². The Kier molecular flexibility index (Phi) is 4.51. The second kappa shape index (κ2) is 6.61. The number of carbonyl (C=O) groups is 2. The average molecular weight is 357 g/mol. The quantitative estimate of drug-likeness (QED) is 0.700. The van der Waals surface area contributed by atoms with E-state index in [2.05, 4.69) is 10.6 Å². The number of rotatable bonds is 3. The van der Waals surface area contributed by atoms with Gasteiger partial charge in [-0.15, -0.1) is 0 Å². The van der Waals surface area contributed by atoms with Gasteiger partial charge in [0.15, 0.2) is 5.76 Å². The highest BCUT2D eigenvalue weighted by Crippen LogP contribution is 2.29. The number of amides is 2. The van der Waals surface area contributed by atoms with Crippen LogP contribution in [0.3, 0.4) is 0 Å². The number of fused-ring (bicyclic) bond motifs is 1. The number of benzene rings is 2.